The second-order valence-electron chi connectivity index (χ2n) is 6.20. The highest BCUT2D eigenvalue weighted by Crippen LogP contribution is 2.32. The Bertz CT molecular complexity index is 694. The van der Waals surface area contributed by atoms with Crippen LogP contribution in [-0.4, -0.2) is 33.4 Å². The molecule has 0 radical (unpaired) electrons. The monoisotopic (exact) mass is 344 g/mol. The molecule has 1 heterocycles. The molecule has 1 saturated carbocycles. The van der Waals surface area contributed by atoms with E-state index in [-0.39, 0.29) is 5.91 Å². The van der Waals surface area contributed by atoms with Crippen LogP contribution in [0.5, 0.6) is 0 Å². The van der Waals surface area contributed by atoms with Crippen LogP contribution >= 0.6 is 11.8 Å². The molecule has 1 aromatic carbocycles. The summed E-state index contributed by atoms with van der Waals surface area (Å²) in [5.74, 6) is 1.93. The lowest BCUT2D eigenvalue weighted by Gasteiger charge is -2.22. The number of aromatic nitrogens is 3. The van der Waals surface area contributed by atoms with Gasteiger partial charge in [0, 0.05) is 18.2 Å². The summed E-state index contributed by atoms with van der Waals surface area (Å²) in [7, 11) is 0. The highest BCUT2D eigenvalue weighted by atomic mass is 32.2. The van der Waals surface area contributed by atoms with Gasteiger partial charge in [-0.1, -0.05) is 42.8 Å². The number of H-pyrrole nitrogens is 1. The van der Waals surface area contributed by atoms with Gasteiger partial charge in [0.2, 0.25) is 11.1 Å². The van der Waals surface area contributed by atoms with Gasteiger partial charge in [-0.25, -0.2) is 4.98 Å². The summed E-state index contributed by atoms with van der Waals surface area (Å²) in [4.78, 5) is 19.0. The van der Waals surface area contributed by atoms with Gasteiger partial charge in [0.1, 0.15) is 5.82 Å². The zero-order chi connectivity index (χ0) is 16.9. The number of nitrogens with zero attached hydrogens (tertiary/aromatic N) is 3. The van der Waals surface area contributed by atoms with Crippen LogP contribution in [-0.2, 0) is 4.79 Å². The average Bonchev–Trinajstić information content (AvgIpc) is 3.26. The number of carbonyl (C=O) groups is 1. The number of anilines is 1. The molecule has 1 N–H and O–H groups in total. The van der Waals surface area contributed by atoms with Crippen LogP contribution in [0.4, 0.5) is 5.69 Å². The highest BCUT2D eigenvalue weighted by molar-refractivity contribution is 7.99. The minimum atomic E-state index is 0.0871. The number of rotatable bonds is 6. The number of aryl methyl sites for hydroxylation is 1. The maximum absolute atomic E-state index is 12.6. The van der Waals surface area contributed by atoms with E-state index in [0.29, 0.717) is 23.4 Å². The van der Waals surface area contributed by atoms with Crippen molar-refractivity contribution in [2.75, 3.05) is 17.2 Å². The lowest BCUT2D eigenvalue weighted by molar-refractivity contribution is -0.116. The van der Waals surface area contributed by atoms with Crippen molar-refractivity contribution in [1.82, 2.24) is 15.2 Å². The van der Waals surface area contributed by atoms with Crippen LogP contribution in [0.3, 0.4) is 0 Å². The Hall–Kier alpha value is -1.82. The van der Waals surface area contributed by atoms with Crippen LogP contribution in [0.15, 0.2) is 29.4 Å². The van der Waals surface area contributed by atoms with Crippen molar-refractivity contribution in [3.8, 4) is 0 Å². The van der Waals surface area contributed by atoms with Gasteiger partial charge in [-0.15, -0.1) is 5.10 Å². The average molecular weight is 344 g/mol. The van der Waals surface area contributed by atoms with Crippen LogP contribution in [0.1, 0.15) is 49.9 Å². The molecule has 3 rings (SSSR count). The van der Waals surface area contributed by atoms with Crippen molar-refractivity contribution in [3.63, 3.8) is 0 Å². The number of hydrogen-bond acceptors (Lipinski definition) is 4. The summed E-state index contributed by atoms with van der Waals surface area (Å²) in [6, 6.07) is 7.98. The Balaban J connectivity index is 1.61. The molecule has 0 bridgehead atoms. The summed E-state index contributed by atoms with van der Waals surface area (Å²) in [6.45, 7) is 4.69. The Morgan fingerprint density at radius 1 is 1.33 bits per heavy atom. The van der Waals surface area contributed by atoms with Gasteiger partial charge in [-0.05, 0) is 38.3 Å². The maximum atomic E-state index is 12.6. The topological polar surface area (TPSA) is 61.9 Å². The first-order chi connectivity index (χ1) is 11.7. The number of aromatic amines is 1. The molecule has 1 aliphatic rings. The first-order valence-electron chi connectivity index (χ1n) is 8.60. The molecule has 1 fully saturated rings. The van der Waals surface area contributed by atoms with E-state index in [0.717, 1.165) is 17.1 Å². The third kappa shape index (κ3) is 3.80. The first-order valence-corrected chi connectivity index (χ1v) is 9.58. The van der Waals surface area contributed by atoms with Crippen molar-refractivity contribution < 1.29 is 4.79 Å². The van der Waals surface area contributed by atoms with E-state index in [2.05, 4.69) is 15.2 Å². The molecular formula is C18H24N4OS. The lowest BCUT2D eigenvalue weighted by Crippen LogP contribution is -2.32. The van der Waals surface area contributed by atoms with Gasteiger partial charge in [0.15, 0.2) is 0 Å². The van der Waals surface area contributed by atoms with Crippen LogP contribution < -0.4 is 4.90 Å². The molecule has 0 spiro atoms. The third-order valence-corrected chi connectivity index (χ3v) is 5.40. The Morgan fingerprint density at radius 2 is 2.08 bits per heavy atom. The Labute approximate surface area is 147 Å². The molecule has 1 aliphatic carbocycles. The van der Waals surface area contributed by atoms with E-state index in [1.54, 1.807) is 0 Å². The predicted molar refractivity (Wildman–Crippen MR) is 97.5 cm³/mol. The van der Waals surface area contributed by atoms with Crippen LogP contribution in [0, 0.1) is 6.92 Å². The number of benzene rings is 1. The number of amides is 1. The summed E-state index contributed by atoms with van der Waals surface area (Å²) in [5, 5.41) is 7.99. The summed E-state index contributed by atoms with van der Waals surface area (Å²) >= 11 is 1.41. The lowest BCUT2D eigenvalue weighted by atomic mass is 10.1. The van der Waals surface area contributed by atoms with Gasteiger partial charge in [-0.2, -0.15) is 0 Å². The molecule has 128 valence electrons. The zero-order valence-corrected chi connectivity index (χ0v) is 15.1. The van der Waals surface area contributed by atoms with Crippen LogP contribution in [0.25, 0.3) is 0 Å². The number of carbonyl (C=O) groups excluding carboxylic acids is 1. The van der Waals surface area contributed by atoms with E-state index in [1.807, 2.05) is 43.0 Å². The predicted octanol–water partition coefficient (Wildman–Crippen LogP) is 3.92. The molecule has 0 atom stereocenters. The summed E-state index contributed by atoms with van der Waals surface area (Å²) in [6.07, 6.45) is 4.92. The molecular weight excluding hydrogens is 320 g/mol. The van der Waals surface area contributed by atoms with Gasteiger partial charge >= 0.3 is 0 Å². The first kappa shape index (κ1) is 17.0. The normalized spacial score (nSPS) is 14.9. The second-order valence-corrected chi connectivity index (χ2v) is 7.14. The molecule has 1 aromatic heterocycles. The van der Waals surface area contributed by atoms with E-state index in [9.17, 15) is 4.79 Å². The fourth-order valence-corrected chi connectivity index (χ4v) is 3.94. The standard InChI is InChI=1S/C18H24N4OS/c1-3-22(15-11-7-4-8-13(15)2)16(23)12-24-18-19-17(20-21-18)14-9-5-6-10-14/h4,7-8,11,14H,3,5-6,9-10,12H2,1-2H3,(H,19,20,21). The molecule has 2 aromatic rings. The van der Waals surface area contributed by atoms with Crippen molar-refractivity contribution in [3.05, 3.63) is 35.7 Å². The molecule has 0 saturated heterocycles. The maximum Gasteiger partial charge on any atom is 0.237 e. The van der Waals surface area contributed by atoms with Crippen molar-refractivity contribution in [2.24, 2.45) is 0 Å². The molecule has 0 aliphatic heterocycles. The smallest absolute Gasteiger partial charge is 0.237 e. The Kier molecular flexibility index (Phi) is 5.56. The second kappa shape index (κ2) is 7.83. The van der Waals surface area contributed by atoms with Crippen molar-refractivity contribution in [1.29, 1.82) is 0 Å². The SMILES string of the molecule is CCN(C(=O)CSc1n[nH]c(C2CCCC2)n1)c1ccccc1C. The highest BCUT2D eigenvalue weighted by Gasteiger charge is 2.21. The van der Waals surface area contributed by atoms with E-state index >= 15 is 0 Å². The summed E-state index contributed by atoms with van der Waals surface area (Å²) in [5.41, 5.74) is 2.09. The third-order valence-electron chi connectivity index (χ3n) is 4.57. The van der Waals surface area contributed by atoms with Crippen LogP contribution in [0.2, 0.25) is 0 Å². The number of hydrogen-bond donors (Lipinski definition) is 1. The van der Waals surface area contributed by atoms with Gasteiger partial charge in [0.25, 0.3) is 0 Å². The number of thioether (sulfide) groups is 1. The number of para-hydroxylation sites is 1. The molecule has 5 nitrogen and oxygen atoms in total. The van der Waals surface area contributed by atoms with E-state index in [4.69, 9.17) is 0 Å². The minimum Gasteiger partial charge on any atom is -0.312 e. The summed E-state index contributed by atoms with van der Waals surface area (Å²) < 4.78 is 0. The molecule has 0 unspecified atom stereocenters. The molecule has 6 heteroatoms. The molecule has 24 heavy (non-hydrogen) atoms. The van der Waals surface area contributed by atoms with Crippen molar-refractivity contribution in [2.45, 2.75) is 50.6 Å². The minimum absolute atomic E-state index is 0.0871. The van der Waals surface area contributed by atoms with E-state index in [1.165, 1.54) is 37.4 Å². The Morgan fingerprint density at radius 3 is 2.79 bits per heavy atom. The largest absolute Gasteiger partial charge is 0.312 e. The molecule has 1 amide bonds. The number of nitrogens with one attached hydrogen (secondary N) is 1. The van der Waals surface area contributed by atoms with Crippen molar-refractivity contribution >= 4 is 23.4 Å². The fraction of sp³-hybridized carbons (Fsp3) is 0.500. The fourth-order valence-electron chi connectivity index (χ4n) is 3.26. The van der Waals surface area contributed by atoms with Gasteiger partial charge in [0.05, 0.1) is 5.75 Å². The van der Waals surface area contributed by atoms with Gasteiger partial charge in [-0.3, -0.25) is 9.89 Å². The van der Waals surface area contributed by atoms with E-state index < -0.39 is 0 Å². The zero-order valence-electron chi connectivity index (χ0n) is 14.3. The van der Waals surface area contributed by atoms with Gasteiger partial charge < -0.3 is 4.90 Å². The quantitative estimate of drug-likeness (QED) is 0.807.